The van der Waals surface area contributed by atoms with Gasteiger partial charge in [-0.3, -0.25) is 9.59 Å². The van der Waals surface area contributed by atoms with Crippen LogP contribution in [0.2, 0.25) is 0 Å². The second-order valence-corrected chi connectivity index (χ2v) is 6.74. The third-order valence-electron chi connectivity index (χ3n) is 4.76. The van der Waals surface area contributed by atoms with Crippen LogP contribution in [0.4, 0.5) is 14.5 Å². The number of benzene rings is 2. The van der Waals surface area contributed by atoms with Gasteiger partial charge in [-0.05, 0) is 60.3 Å². The topological polar surface area (TPSA) is 74.8 Å². The van der Waals surface area contributed by atoms with Gasteiger partial charge in [-0.2, -0.15) is 18.9 Å². The molecule has 4 rings (SSSR count). The number of halogens is 2. The molecule has 2 heterocycles. The Bertz CT molecular complexity index is 1110. The highest BCUT2D eigenvalue weighted by molar-refractivity contribution is 6.27. The molecule has 1 aliphatic heterocycles. The maximum atomic E-state index is 12.8. The van der Waals surface area contributed by atoms with Crippen molar-refractivity contribution in [2.75, 3.05) is 5.01 Å². The van der Waals surface area contributed by atoms with E-state index in [1.54, 1.807) is 6.92 Å². The van der Waals surface area contributed by atoms with E-state index in [9.17, 15) is 18.4 Å². The lowest BCUT2D eigenvalue weighted by atomic mass is 9.93. The first-order valence-electron chi connectivity index (χ1n) is 8.95. The summed E-state index contributed by atoms with van der Waals surface area (Å²) in [5.74, 6) is -1.69. The van der Waals surface area contributed by atoms with Gasteiger partial charge < -0.3 is 9.72 Å². The second-order valence-electron chi connectivity index (χ2n) is 6.74. The molecule has 1 aromatic heterocycles. The third-order valence-corrected chi connectivity index (χ3v) is 4.76. The summed E-state index contributed by atoms with van der Waals surface area (Å²) in [7, 11) is 0. The molecule has 1 N–H and O–H groups in total. The first kappa shape index (κ1) is 18.8. The quantitative estimate of drug-likeness (QED) is 0.641. The van der Waals surface area contributed by atoms with Crippen LogP contribution in [0.3, 0.4) is 0 Å². The van der Waals surface area contributed by atoms with Crippen molar-refractivity contribution >= 4 is 34.0 Å². The maximum Gasteiger partial charge on any atom is 0.387 e. The van der Waals surface area contributed by atoms with E-state index in [1.165, 1.54) is 24.3 Å². The van der Waals surface area contributed by atoms with E-state index in [-0.39, 0.29) is 18.0 Å². The van der Waals surface area contributed by atoms with Crippen molar-refractivity contribution in [3.63, 3.8) is 0 Å². The van der Waals surface area contributed by atoms with Crippen molar-refractivity contribution < 1.29 is 23.1 Å². The summed E-state index contributed by atoms with van der Waals surface area (Å²) in [4.78, 5) is 28.7. The Labute approximate surface area is 164 Å². The molecule has 0 radical (unpaired) electrons. The number of nitrogens with one attached hydrogen (secondary N) is 1. The van der Waals surface area contributed by atoms with Gasteiger partial charge in [-0.1, -0.05) is 6.07 Å². The molecule has 0 spiro atoms. The Kier molecular flexibility index (Phi) is 4.84. The highest BCUT2D eigenvalue weighted by Crippen LogP contribution is 2.28. The molecule has 6 nitrogen and oxygen atoms in total. The molecule has 0 saturated heterocycles. The van der Waals surface area contributed by atoms with Crippen LogP contribution < -0.4 is 9.75 Å². The van der Waals surface area contributed by atoms with Crippen LogP contribution in [0, 0.1) is 5.92 Å². The summed E-state index contributed by atoms with van der Waals surface area (Å²) in [6.45, 7) is -1.30. The van der Waals surface area contributed by atoms with E-state index < -0.39 is 18.4 Å². The number of Topliss-reactive ketones (excluding diaryl/α,β-unsaturated/α-hetero) is 1. The SMILES string of the molecule is CC1=NN(c2ccc(OC(F)F)cc2)C(=O)C1C(=O)Cc1ccc2[nH]ccc2c1. The van der Waals surface area contributed by atoms with E-state index in [0.29, 0.717) is 11.4 Å². The third kappa shape index (κ3) is 3.73. The molecule has 1 unspecified atom stereocenters. The van der Waals surface area contributed by atoms with Gasteiger partial charge >= 0.3 is 6.61 Å². The minimum Gasteiger partial charge on any atom is -0.435 e. The van der Waals surface area contributed by atoms with Gasteiger partial charge in [0.25, 0.3) is 5.91 Å². The molecule has 0 aliphatic carbocycles. The molecule has 0 fully saturated rings. The highest BCUT2D eigenvalue weighted by atomic mass is 19.3. The van der Waals surface area contributed by atoms with Crippen LogP contribution in [0.25, 0.3) is 10.9 Å². The van der Waals surface area contributed by atoms with Gasteiger partial charge in [0.1, 0.15) is 11.7 Å². The summed E-state index contributed by atoms with van der Waals surface area (Å²) < 4.78 is 28.8. The molecule has 148 valence electrons. The molecule has 0 bridgehead atoms. The predicted octanol–water partition coefficient (Wildman–Crippen LogP) is 3.92. The standard InChI is InChI=1S/C21H17F2N3O3/c1-12-19(18(27)11-13-2-7-17-14(10-13)8-9-24-17)20(28)26(25-12)15-3-5-16(6-4-15)29-21(22)23/h2-10,19,21,24H,11H2,1H3. The number of hydrogen-bond donors (Lipinski definition) is 1. The van der Waals surface area contributed by atoms with Crippen LogP contribution in [0.1, 0.15) is 12.5 Å². The summed E-state index contributed by atoms with van der Waals surface area (Å²) in [6.07, 6.45) is 1.93. The van der Waals surface area contributed by atoms with Crippen LogP contribution in [-0.4, -0.2) is 29.0 Å². The Morgan fingerprint density at radius 3 is 2.69 bits per heavy atom. The Morgan fingerprint density at radius 2 is 1.97 bits per heavy atom. The zero-order valence-corrected chi connectivity index (χ0v) is 15.4. The van der Waals surface area contributed by atoms with Gasteiger partial charge in [0.2, 0.25) is 0 Å². The number of carbonyl (C=O) groups excluding carboxylic acids is 2. The summed E-state index contributed by atoms with van der Waals surface area (Å²) in [6, 6.07) is 13.1. The minimum absolute atomic E-state index is 0.0242. The number of ketones is 1. The average Bonchev–Trinajstić information content (AvgIpc) is 3.25. The predicted molar refractivity (Wildman–Crippen MR) is 104 cm³/mol. The lowest BCUT2D eigenvalue weighted by Crippen LogP contribution is -2.33. The van der Waals surface area contributed by atoms with E-state index >= 15 is 0 Å². The summed E-state index contributed by atoms with van der Waals surface area (Å²) in [5, 5.41) is 6.32. The number of amides is 1. The monoisotopic (exact) mass is 397 g/mol. The molecule has 1 aliphatic rings. The van der Waals surface area contributed by atoms with Gasteiger partial charge in [0.05, 0.1) is 11.4 Å². The Hall–Kier alpha value is -3.55. The second kappa shape index (κ2) is 7.46. The highest BCUT2D eigenvalue weighted by Gasteiger charge is 2.39. The number of hydrogen-bond acceptors (Lipinski definition) is 4. The number of hydrazone groups is 1. The number of aromatic amines is 1. The van der Waals surface area contributed by atoms with Gasteiger partial charge in [-0.25, -0.2) is 0 Å². The minimum atomic E-state index is -2.93. The molecular weight excluding hydrogens is 380 g/mol. The van der Waals surface area contributed by atoms with Gasteiger partial charge in [0.15, 0.2) is 5.78 Å². The first-order chi connectivity index (χ1) is 13.9. The van der Waals surface area contributed by atoms with Crippen LogP contribution >= 0.6 is 0 Å². The number of anilines is 1. The van der Waals surface area contributed by atoms with Crippen LogP contribution in [-0.2, 0) is 16.0 Å². The number of fused-ring (bicyclic) bond motifs is 1. The van der Waals surface area contributed by atoms with Crippen molar-refractivity contribution in [3.8, 4) is 5.75 Å². The lowest BCUT2D eigenvalue weighted by Gasteiger charge is -2.14. The Morgan fingerprint density at radius 1 is 1.21 bits per heavy atom. The lowest BCUT2D eigenvalue weighted by molar-refractivity contribution is -0.128. The molecule has 29 heavy (non-hydrogen) atoms. The van der Waals surface area contributed by atoms with E-state index in [2.05, 4.69) is 14.8 Å². The van der Waals surface area contributed by atoms with Crippen molar-refractivity contribution in [3.05, 3.63) is 60.3 Å². The molecule has 1 atom stereocenters. The van der Waals surface area contributed by atoms with E-state index in [0.717, 1.165) is 21.5 Å². The number of nitrogens with zero attached hydrogens (tertiary/aromatic N) is 2. The zero-order chi connectivity index (χ0) is 20.5. The summed E-state index contributed by atoms with van der Waals surface area (Å²) in [5.41, 5.74) is 2.56. The number of carbonyl (C=O) groups is 2. The van der Waals surface area contributed by atoms with E-state index in [4.69, 9.17) is 0 Å². The molecular formula is C21H17F2N3O3. The van der Waals surface area contributed by atoms with Crippen LogP contribution in [0.15, 0.2) is 59.8 Å². The Balaban J connectivity index is 1.49. The number of alkyl halides is 2. The van der Waals surface area contributed by atoms with Gasteiger partial charge in [-0.15, -0.1) is 0 Å². The number of rotatable bonds is 6. The fourth-order valence-corrected chi connectivity index (χ4v) is 3.41. The molecule has 1 amide bonds. The maximum absolute atomic E-state index is 12.8. The largest absolute Gasteiger partial charge is 0.435 e. The number of ether oxygens (including phenoxy) is 1. The van der Waals surface area contributed by atoms with Crippen molar-refractivity contribution in [2.45, 2.75) is 20.0 Å². The van der Waals surface area contributed by atoms with Gasteiger partial charge in [0, 0.05) is 18.1 Å². The summed E-state index contributed by atoms with van der Waals surface area (Å²) >= 11 is 0. The van der Waals surface area contributed by atoms with Crippen molar-refractivity contribution in [2.24, 2.45) is 11.0 Å². The molecule has 2 aromatic carbocycles. The zero-order valence-electron chi connectivity index (χ0n) is 15.4. The normalized spacial score (nSPS) is 16.6. The first-order valence-corrected chi connectivity index (χ1v) is 8.95. The fraction of sp³-hybridized carbons (Fsp3) is 0.190. The number of H-pyrrole nitrogens is 1. The van der Waals surface area contributed by atoms with Crippen LogP contribution in [0.5, 0.6) is 5.75 Å². The smallest absolute Gasteiger partial charge is 0.387 e. The average molecular weight is 397 g/mol. The van der Waals surface area contributed by atoms with Crippen molar-refractivity contribution in [1.29, 1.82) is 0 Å². The molecule has 0 saturated carbocycles. The number of aromatic nitrogens is 1. The van der Waals surface area contributed by atoms with Crippen molar-refractivity contribution in [1.82, 2.24) is 4.98 Å². The molecule has 3 aromatic rings. The van der Waals surface area contributed by atoms with E-state index in [1.807, 2.05) is 30.5 Å². The molecule has 8 heteroatoms. The fourth-order valence-electron chi connectivity index (χ4n) is 3.41.